The molecule has 0 aromatic heterocycles. The van der Waals surface area contributed by atoms with Gasteiger partial charge in [-0.3, -0.25) is 0 Å². The van der Waals surface area contributed by atoms with Gasteiger partial charge < -0.3 is 15.2 Å². The summed E-state index contributed by atoms with van der Waals surface area (Å²) in [5, 5.41) is 0. The van der Waals surface area contributed by atoms with Crippen LogP contribution < -0.4 is 15.2 Å². The SMILES string of the molecule is CC(C)CCCC(C)CCCC(C)CCCC(C)CCCC(C)(C)C.COc1ccc(C(N)c2ccc(OC)cc2)cc1. The fourth-order valence-electron chi connectivity index (χ4n) is 5.73. The maximum atomic E-state index is 6.22. The standard InChI is InChI=1S/C25H52.C15H17NO2/c1-21(2)13-9-14-22(3)15-10-16-23(4)17-11-18-24(5)19-12-20-25(6,7)8;1-17-13-7-3-11(4-8-13)15(16)12-5-9-14(18-2)10-6-12/h21-24H,9-20H2,1-8H3;3-10,15H,16H2,1-2H3. The number of methoxy groups -OCH3 is 2. The van der Waals surface area contributed by atoms with Gasteiger partial charge in [0, 0.05) is 0 Å². The van der Waals surface area contributed by atoms with Crippen LogP contribution in [-0.4, -0.2) is 14.2 Å². The molecule has 3 nitrogen and oxygen atoms in total. The molecule has 0 saturated heterocycles. The third kappa shape index (κ3) is 19.1. The van der Waals surface area contributed by atoms with Crippen LogP contribution in [0.15, 0.2) is 48.5 Å². The summed E-state index contributed by atoms with van der Waals surface area (Å²) in [6.45, 7) is 19.2. The summed E-state index contributed by atoms with van der Waals surface area (Å²) in [6.07, 6.45) is 17.2. The molecule has 2 aromatic rings. The van der Waals surface area contributed by atoms with Crippen molar-refractivity contribution in [1.29, 1.82) is 0 Å². The molecule has 0 spiro atoms. The number of nitrogens with two attached hydrogens (primary N) is 1. The monoisotopic (exact) mass is 596 g/mol. The number of ether oxygens (including phenoxy) is 2. The number of hydrogen-bond donors (Lipinski definition) is 1. The highest BCUT2D eigenvalue weighted by atomic mass is 16.5. The molecule has 3 heteroatoms. The maximum Gasteiger partial charge on any atom is 0.118 e. The van der Waals surface area contributed by atoms with Crippen LogP contribution in [0.2, 0.25) is 0 Å². The van der Waals surface area contributed by atoms with Gasteiger partial charge in [-0.05, 0) is 70.9 Å². The molecule has 2 rings (SSSR count). The van der Waals surface area contributed by atoms with Crippen LogP contribution in [0.5, 0.6) is 11.5 Å². The van der Waals surface area contributed by atoms with Gasteiger partial charge in [0.05, 0.1) is 20.3 Å². The summed E-state index contributed by atoms with van der Waals surface area (Å²) < 4.78 is 10.3. The van der Waals surface area contributed by atoms with Crippen LogP contribution in [0, 0.1) is 29.1 Å². The maximum absolute atomic E-state index is 6.22. The van der Waals surface area contributed by atoms with E-state index < -0.39 is 0 Å². The fourth-order valence-corrected chi connectivity index (χ4v) is 5.73. The summed E-state index contributed by atoms with van der Waals surface area (Å²) in [6, 6.07) is 15.4. The fraction of sp³-hybridized carbons (Fsp3) is 0.700. The number of hydrogen-bond acceptors (Lipinski definition) is 3. The minimum atomic E-state index is -0.137. The molecule has 0 fully saturated rings. The quantitative estimate of drug-likeness (QED) is 0.176. The summed E-state index contributed by atoms with van der Waals surface area (Å²) >= 11 is 0. The third-order valence-electron chi connectivity index (χ3n) is 8.84. The Morgan fingerprint density at radius 1 is 0.535 bits per heavy atom. The Labute approximate surface area is 267 Å². The smallest absolute Gasteiger partial charge is 0.118 e. The van der Waals surface area contributed by atoms with Crippen molar-refractivity contribution >= 4 is 0 Å². The summed E-state index contributed by atoms with van der Waals surface area (Å²) in [7, 11) is 3.30. The van der Waals surface area contributed by atoms with E-state index in [-0.39, 0.29) is 6.04 Å². The summed E-state index contributed by atoms with van der Waals surface area (Å²) in [4.78, 5) is 0. The second kappa shape index (κ2) is 21.7. The van der Waals surface area contributed by atoms with Crippen molar-refractivity contribution in [2.45, 2.75) is 138 Å². The molecule has 43 heavy (non-hydrogen) atoms. The van der Waals surface area contributed by atoms with E-state index in [0.29, 0.717) is 5.41 Å². The van der Waals surface area contributed by atoms with Gasteiger partial charge in [0.1, 0.15) is 11.5 Å². The second-order valence-electron chi connectivity index (χ2n) is 15.0. The van der Waals surface area contributed by atoms with Crippen LogP contribution in [-0.2, 0) is 0 Å². The van der Waals surface area contributed by atoms with Gasteiger partial charge in [-0.1, -0.05) is 150 Å². The van der Waals surface area contributed by atoms with Gasteiger partial charge in [0.25, 0.3) is 0 Å². The normalized spacial score (nSPS) is 13.8. The number of rotatable bonds is 19. The molecule has 2 N–H and O–H groups in total. The summed E-state index contributed by atoms with van der Waals surface area (Å²) in [5.74, 6) is 5.35. The highest BCUT2D eigenvalue weighted by Crippen LogP contribution is 2.27. The molecule has 0 aliphatic carbocycles. The molecule has 0 aliphatic heterocycles. The largest absolute Gasteiger partial charge is 0.497 e. The van der Waals surface area contributed by atoms with Crippen molar-refractivity contribution in [1.82, 2.24) is 0 Å². The first-order valence-corrected chi connectivity index (χ1v) is 17.4. The lowest BCUT2D eigenvalue weighted by Crippen LogP contribution is -2.11. The highest BCUT2D eigenvalue weighted by Gasteiger charge is 2.12. The minimum absolute atomic E-state index is 0.137. The second-order valence-corrected chi connectivity index (χ2v) is 15.0. The Kier molecular flexibility index (Phi) is 19.7. The van der Waals surface area contributed by atoms with Crippen molar-refractivity contribution in [3.8, 4) is 11.5 Å². The molecular formula is C40H69NO2. The first-order valence-electron chi connectivity index (χ1n) is 17.4. The van der Waals surface area contributed by atoms with Crippen molar-refractivity contribution in [2.24, 2.45) is 34.8 Å². The van der Waals surface area contributed by atoms with Crippen LogP contribution in [0.3, 0.4) is 0 Å². The van der Waals surface area contributed by atoms with Gasteiger partial charge in [-0.15, -0.1) is 0 Å². The number of benzene rings is 2. The van der Waals surface area contributed by atoms with Crippen LogP contribution in [0.4, 0.5) is 0 Å². The van der Waals surface area contributed by atoms with Crippen LogP contribution in [0.25, 0.3) is 0 Å². The molecule has 0 aliphatic rings. The lowest BCUT2D eigenvalue weighted by Gasteiger charge is -2.20. The average molecular weight is 596 g/mol. The van der Waals surface area contributed by atoms with Crippen LogP contribution in [0.1, 0.15) is 150 Å². The van der Waals surface area contributed by atoms with Gasteiger partial charge in [-0.25, -0.2) is 0 Å². The van der Waals surface area contributed by atoms with E-state index in [1.165, 1.54) is 77.0 Å². The Bertz CT molecular complexity index is 881. The Morgan fingerprint density at radius 3 is 1.16 bits per heavy atom. The molecule has 2 aromatic carbocycles. The zero-order valence-electron chi connectivity index (χ0n) is 29.9. The zero-order valence-corrected chi connectivity index (χ0v) is 29.9. The van der Waals surface area contributed by atoms with Crippen molar-refractivity contribution in [3.05, 3.63) is 59.7 Å². The lowest BCUT2D eigenvalue weighted by molar-refractivity contribution is 0.330. The van der Waals surface area contributed by atoms with Crippen LogP contribution >= 0.6 is 0 Å². The predicted octanol–water partition coefficient (Wildman–Crippen LogP) is 12.0. The van der Waals surface area contributed by atoms with E-state index in [0.717, 1.165) is 46.3 Å². The Morgan fingerprint density at radius 2 is 0.860 bits per heavy atom. The Balaban J connectivity index is 0.000000450. The molecule has 0 radical (unpaired) electrons. The highest BCUT2D eigenvalue weighted by molar-refractivity contribution is 5.37. The lowest BCUT2D eigenvalue weighted by atomic mass is 9.86. The van der Waals surface area contributed by atoms with Crippen molar-refractivity contribution in [3.63, 3.8) is 0 Å². The molecule has 0 heterocycles. The predicted molar refractivity (Wildman–Crippen MR) is 189 cm³/mol. The molecule has 3 unspecified atom stereocenters. The topological polar surface area (TPSA) is 44.5 Å². The van der Waals surface area contributed by atoms with E-state index in [9.17, 15) is 0 Å². The Hall–Kier alpha value is -2.00. The molecule has 246 valence electrons. The van der Waals surface area contributed by atoms with Crippen molar-refractivity contribution in [2.75, 3.05) is 14.2 Å². The van der Waals surface area contributed by atoms with Gasteiger partial charge in [0.2, 0.25) is 0 Å². The summed E-state index contributed by atoms with van der Waals surface area (Å²) in [5.41, 5.74) is 8.84. The van der Waals surface area contributed by atoms with E-state index in [2.05, 4.69) is 55.4 Å². The van der Waals surface area contributed by atoms with Gasteiger partial charge in [0.15, 0.2) is 0 Å². The minimum Gasteiger partial charge on any atom is -0.497 e. The van der Waals surface area contributed by atoms with E-state index in [1.54, 1.807) is 14.2 Å². The molecule has 3 atom stereocenters. The average Bonchev–Trinajstić information content (AvgIpc) is 2.96. The molecule has 0 bridgehead atoms. The van der Waals surface area contributed by atoms with Crippen molar-refractivity contribution < 1.29 is 9.47 Å². The third-order valence-corrected chi connectivity index (χ3v) is 8.84. The molecule has 0 amide bonds. The van der Waals surface area contributed by atoms with E-state index >= 15 is 0 Å². The first kappa shape index (κ1) is 39.0. The van der Waals surface area contributed by atoms with Gasteiger partial charge in [-0.2, -0.15) is 0 Å². The zero-order chi connectivity index (χ0) is 32.3. The van der Waals surface area contributed by atoms with E-state index in [1.807, 2.05) is 48.5 Å². The van der Waals surface area contributed by atoms with E-state index in [4.69, 9.17) is 15.2 Å². The van der Waals surface area contributed by atoms with Gasteiger partial charge >= 0.3 is 0 Å². The molecule has 0 saturated carbocycles. The molecular weight excluding hydrogens is 526 g/mol. The first-order chi connectivity index (χ1) is 20.3.